The number of amides is 1. The van der Waals surface area contributed by atoms with Crippen molar-refractivity contribution >= 4 is 23.4 Å². The lowest BCUT2D eigenvalue weighted by Crippen LogP contribution is -2.31. The van der Waals surface area contributed by atoms with Gasteiger partial charge in [-0.25, -0.2) is 0 Å². The smallest absolute Gasteiger partial charge is 0.237 e. The van der Waals surface area contributed by atoms with E-state index in [1.807, 2.05) is 48.5 Å². The van der Waals surface area contributed by atoms with Gasteiger partial charge in [0.2, 0.25) is 5.91 Å². The molecule has 0 radical (unpaired) electrons. The highest BCUT2D eigenvalue weighted by Gasteiger charge is 2.30. The number of hydrogen-bond acceptors (Lipinski definition) is 5. The number of nitrogens with zero attached hydrogens (tertiary/aromatic N) is 4. The number of carbonyl (C=O) groups is 1. The molecular weight excluding hydrogens is 372 g/mol. The molecule has 0 saturated heterocycles. The van der Waals surface area contributed by atoms with Gasteiger partial charge in [0.25, 0.3) is 0 Å². The van der Waals surface area contributed by atoms with Gasteiger partial charge in [-0.3, -0.25) is 4.79 Å². The molecule has 0 atom stereocenters. The Morgan fingerprint density at radius 3 is 2.75 bits per heavy atom. The standard InChI is InChI=1S/C21H22N4O2S/c1-2-12-24-20(16-10-11-16)22-23-21(24)28-15-19(26)25(14-18-9-6-13-27-18)17-7-4-3-5-8-17/h2-9,13,16H,1,10-12,14-15H2. The molecular formula is C21H22N4O2S. The van der Waals surface area contributed by atoms with Crippen LogP contribution in [-0.2, 0) is 17.9 Å². The predicted octanol–water partition coefficient (Wildman–Crippen LogP) is 4.26. The summed E-state index contributed by atoms with van der Waals surface area (Å²) in [5.41, 5.74) is 0.843. The third kappa shape index (κ3) is 4.20. The van der Waals surface area contributed by atoms with Crippen LogP contribution in [0.4, 0.5) is 5.69 Å². The van der Waals surface area contributed by atoms with Crippen LogP contribution in [0.3, 0.4) is 0 Å². The number of furan rings is 1. The second-order valence-corrected chi connectivity index (χ2v) is 7.64. The number of benzene rings is 1. The van der Waals surface area contributed by atoms with E-state index >= 15 is 0 Å². The first-order chi connectivity index (χ1) is 13.8. The Hall–Kier alpha value is -2.80. The molecule has 7 heteroatoms. The zero-order chi connectivity index (χ0) is 19.3. The average molecular weight is 395 g/mol. The van der Waals surface area contributed by atoms with E-state index in [2.05, 4.69) is 21.3 Å². The van der Waals surface area contributed by atoms with E-state index in [1.165, 1.54) is 11.8 Å². The first-order valence-corrected chi connectivity index (χ1v) is 10.3. The fourth-order valence-corrected chi connectivity index (χ4v) is 3.88. The Labute approximate surface area is 168 Å². The van der Waals surface area contributed by atoms with Crippen molar-refractivity contribution in [3.63, 3.8) is 0 Å². The zero-order valence-electron chi connectivity index (χ0n) is 15.5. The zero-order valence-corrected chi connectivity index (χ0v) is 16.3. The molecule has 1 aliphatic rings. The van der Waals surface area contributed by atoms with Crippen molar-refractivity contribution in [1.29, 1.82) is 0 Å². The molecule has 144 valence electrons. The number of thioether (sulfide) groups is 1. The van der Waals surface area contributed by atoms with Crippen LogP contribution >= 0.6 is 11.8 Å². The predicted molar refractivity (Wildman–Crippen MR) is 109 cm³/mol. The molecule has 2 heterocycles. The van der Waals surface area contributed by atoms with Crippen molar-refractivity contribution < 1.29 is 9.21 Å². The first-order valence-electron chi connectivity index (χ1n) is 9.31. The molecule has 28 heavy (non-hydrogen) atoms. The first kappa shape index (κ1) is 18.6. The van der Waals surface area contributed by atoms with Gasteiger partial charge in [-0.2, -0.15) is 0 Å². The Morgan fingerprint density at radius 2 is 2.07 bits per heavy atom. The summed E-state index contributed by atoms with van der Waals surface area (Å²) in [4.78, 5) is 14.8. The molecule has 3 aromatic rings. The second-order valence-electron chi connectivity index (χ2n) is 6.70. The van der Waals surface area contributed by atoms with Crippen LogP contribution in [0.25, 0.3) is 0 Å². The largest absolute Gasteiger partial charge is 0.467 e. The topological polar surface area (TPSA) is 64.2 Å². The van der Waals surface area contributed by atoms with Gasteiger partial charge in [-0.15, -0.1) is 16.8 Å². The number of para-hydroxylation sites is 1. The minimum atomic E-state index is -0.00581. The summed E-state index contributed by atoms with van der Waals surface area (Å²) >= 11 is 1.42. The molecule has 0 aliphatic heterocycles. The number of aromatic nitrogens is 3. The SMILES string of the molecule is C=CCn1c(SCC(=O)N(Cc2ccco2)c2ccccc2)nnc1C1CC1. The van der Waals surface area contributed by atoms with Crippen LogP contribution in [0.5, 0.6) is 0 Å². The molecule has 1 saturated carbocycles. The van der Waals surface area contributed by atoms with Gasteiger partial charge in [0.15, 0.2) is 5.16 Å². The minimum absolute atomic E-state index is 0.00581. The normalized spacial score (nSPS) is 13.4. The lowest BCUT2D eigenvalue weighted by molar-refractivity contribution is -0.116. The second kappa shape index (κ2) is 8.48. The van der Waals surface area contributed by atoms with Crippen LogP contribution in [-0.4, -0.2) is 26.4 Å². The Bertz CT molecular complexity index is 933. The summed E-state index contributed by atoms with van der Waals surface area (Å²) in [5.74, 6) is 2.51. The number of anilines is 1. The molecule has 1 amide bonds. The maximum atomic E-state index is 13.1. The maximum Gasteiger partial charge on any atom is 0.237 e. The molecule has 6 nitrogen and oxygen atoms in total. The highest BCUT2D eigenvalue weighted by atomic mass is 32.2. The summed E-state index contributed by atoms with van der Waals surface area (Å²) in [5, 5.41) is 9.42. The summed E-state index contributed by atoms with van der Waals surface area (Å²) in [7, 11) is 0. The highest BCUT2D eigenvalue weighted by Crippen LogP contribution is 2.40. The number of hydrogen-bond donors (Lipinski definition) is 0. The van der Waals surface area contributed by atoms with Gasteiger partial charge in [0.05, 0.1) is 18.6 Å². The Morgan fingerprint density at radius 1 is 1.25 bits per heavy atom. The van der Waals surface area contributed by atoms with E-state index in [0.29, 0.717) is 19.0 Å². The van der Waals surface area contributed by atoms with Gasteiger partial charge >= 0.3 is 0 Å². The molecule has 1 aromatic carbocycles. The van der Waals surface area contributed by atoms with Gasteiger partial charge in [0.1, 0.15) is 11.6 Å². The molecule has 1 aliphatic carbocycles. The van der Waals surface area contributed by atoms with Crippen LogP contribution in [0.1, 0.15) is 30.3 Å². The Kier molecular flexibility index (Phi) is 5.62. The molecule has 0 unspecified atom stereocenters. The van der Waals surface area contributed by atoms with E-state index in [9.17, 15) is 4.79 Å². The fraction of sp³-hybridized carbons (Fsp3) is 0.286. The van der Waals surface area contributed by atoms with Crippen LogP contribution in [0, 0.1) is 0 Å². The van der Waals surface area contributed by atoms with Crippen LogP contribution < -0.4 is 4.90 Å². The van der Waals surface area contributed by atoms with Gasteiger partial charge in [-0.05, 0) is 37.1 Å². The van der Waals surface area contributed by atoms with Crippen molar-refractivity contribution in [2.75, 3.05) is 10.7 Å². The molecule has 0 spiro atoms. The molecule has 1 fully saturated rings. The van der Waals surface area contributed by atoms with Crippen molar-refractivity contribution in [2.45, 2.75) is 37.0 Å². The minimum Gasteiger partial charge on any atom is -0.467 e. The number of allylic oxidation sites excluding steroid dienone is 1. The third-order valence-corrected chi connectivity index (χ3v) is 5.54. The van der Waals surface area contributed by atoms with Crippen molar-refractivity contribution in [1.82, 2.24) is 14.8 Å². The summed E-state index contributed by atoms with van der Waals surface area (Å²) in [6.07, 6.45) is 5.77. The van der Waals surface area contributed by atoms with Crippen molar-refractivity contribution in [3.05, 3.63) is 73.0 Å². The van der Waals surface area contributed by atoms with Crippen molar-refractivity contribution in [3.8, 4) is 0 Å². The Balaban J connectivity index is 1.49. The lowest BCUT2D eigenvalue weighted by atomic mass is 10.2. The summed E-state index contributed by atoms with van der Waals surface area (Å²) in [6, 6.07) is 13.3. The van der Waals surface area contributed by atoms with Gasteiger partial charge in [-0.1, -0.05) is 36.0 Å². The number of rotatable bonds is 9. The van der Waals surface area contributed by atoms with Crippen molar-refractivity contribution in [2.24, 2.45) is 0 Å². The third-order valence-electron chi connectivity index (χ3n) is 4.59. The quantitative estimate of drug-likeness (QED) is 0.401. The molecule has 2 aromatic heterocycles. The van der Waals surface area contributed by atoms with E-state index < -0.39 is 0 Å². The average Bonchev–Trinajstić information content (AvgIpc) is 3.28. The monoisotopic (exact) mass is 394 g/mol. The lowest BCUT2D eigenvalue weighted by Gasteiger charge is -2.21. The van der Waals surface area contributed by atoms with Crippen LogP contribution in [0.15, 0.2) is 71.0 Å². The molecule has 4 rings (SSSR count). The summed E-state index contributed by atoms with van der Waals surface area (Å²) in [6.45, 7) is 4.88. The maximum absolute atomic E-state index is 13.1. The summed E-state index contributed by atoms with van der Waals surface area (Å²) < 4.78 is 7.52. The molecule has 0 N–H and O–H groups in total. The highest BCUT2D eigenvalue weighted by molar-refractivity contribution is 7.99. The fourth-order valence-electron chi connectivity index (χ4n) is 3.05. The van der Waals surface area contributed by atoms with E-state index in [0.717, 1.165) is 35.3 Å². The van der Waals surface area contributed by atoms with E-state index in [1.54, 1.807) is 11.2 Å². The number of carbonyl (C=O) groups excluding carboxylic acids is 1. The van der Waals surface area contributed by atoms with Gasteiger partial charge in [0, 0.05) is 18.2 Å². The van der Waals surface area contributed by atoms with Crippen LogP contribution in [0.2, 0.25) is 0 Å². The molecule has 0 bridgehead atoms. The van der Waals surface area contributed by atoms with Gasteiger partial charge < -0.3 is 13.9 Å². The van der Waals surface area contributed by atoms with E-state index in [4.69, 9.17) is 4.42 Å². The van der Waals surface area contributed by atoms with E-state index in [-0.39, 0.29) is 11.7 Å².